The fourth-order valence-electron chi connectivity index (χ4n) is 2.30. The number of rotatable bonds is 6. The van der Waals surface area contributed by atoms with Gasteiger partial charge in [-0.05, 0) is 30.7 Å². The van der Waals surface area contributed by atoms with E-state index in [4.69, 9.17) is 9.15 Å². The number of para-hydroxylation sites is 2. The predicted octanol–water partition coefficient (Wildman–Crippen LogP) is 2.97. The molecule has 0 aliphatic carbocycles. The Morgan fingerprint density at radius 1 is 1.13 bits per heavy atom. The molecule has 0 unspecified atom stereocenters. The predicted molar refractivity (Wildman–Crippen MR) is 83.7 cm³/mol. The summed E-state index contributed by atoms with van der Waals surface area (Å²) in [6, 6.07) is 13.1. The highest BCUT2D eigenvalue weighted by Gasteiger charge is 2.08. The van der Waals surface area contributed by atoms with Crippen LogP contribution in [0.5, 0.6) is 5.75 Å². The minimum atomic E-state index is -0.458. The third-order valence-corrected chi connectivity index (χ3v) is 3.42. The van der Waals surface area contributed by atoms with Gasteiger partial charge in [0, 0.05) is 18.7 Å². The van der Waals surface area contributed by atoms with E-state index in [0.29, 0.717) is 30.9 Å². The molecule has 1 heterocycles. The van der Waals surface area contributed by atoms with Crippen LogP contribution in [0, 0.1) is 10.1 Å². The minimum absolute atomic E-state index is 0.0220. The van der Waals surface area contributed by atoms with Crippen LogP contribution >= 0.6 is 0 Å². The van der Waals surface area contributed by atoms with Crippen molar-refractivity contribution in [1.82, 2.24) is 4.57 Å². The first kappa shape index (κ1) is 14.8. The summed E-state index contributed by atoms with van der Waals surface area (Å²) in [5.41, 5.74) is 1.34. The van der Waals surface area contributed by atoms with Gasteiger partial charge in [0.1, 0.15) is 5.75 Å². The summed E-state index contributed by atoms with van der Waals surface area (Å²) < 4.78 is 12.2. The lowest BCUT2D eigenvalue weighted by Gasteiger charge is -2.06. The first-order valence-electron chi connectivity index (χ1n) is 7.11. The van der Waals surface area contributed by atoms with Crippen molar-refractivity contribution < 1.29 is 14.1 Å². The molecule has 0 spiro atoms. The summed E-state index contributed by atoms with van der Waals surface area (Å²) in [5, 5.41) is 10.6. The van der Waals surface area contributed by atoms with E-state index in [1.165, 1.54) is 12.1 Å². The Bertz CT molecular complexity index is 879. The molecule has 0 saturated heterocycles. The van der Waals surface area contributed by atoms with Crippen molar-refractivity contribution in [2.75, 3.05) is 6.61 Å². The topological polar surface area (TPSA) is 87.5 Å². The summed E-state index contributed by atoms with van der Waals surface area (Å²) in [6.07, 6.45) is 0.612. The number of aryl methyl sites for hydroxylation is 1. The molecular weight excluding hydrogens is 300 g/mol. The van der Waals surface area contributed by atoms with Crippen LogP contribution in [0.1, 0.15) is 6.42 Å². The van der Waals surface area contributed by atoms with Gasteiger partial charge in [-0.1, -0.05) is 12.1 Å². The van der Waals surface area contributed by atoms with Crippen LogP contribution in [0.4, 0.5) is 5.69 Å². The first-order valence-corrected chi connectivity index (χ1v) is 7.11. The number of hydrogen-bond acceptors (Lipinski definition) is 5. The number of non-ortho nitro benzene ring substituents is 1. The van der Waals surface area contributed by atoms with Gasteiger partial charge in [-0.3, -0.25) is 14.7 Å². The van der Waals surface area contributed by atoms with Gasteiger partial charge in [0.05, 0.1) is 17.0 Å². The van der Waals surface area contributed by atoms with Crippen LogP contribution in [-0.4, -0.2) is 16.1 Å². The van der Waals surface area contributed by atoms with Crippen molar-refractivity contribution in [2.24, 2.45) is 0 Å². The third kappa shape index (κ3) is 3.23. The highest BCUT2D eigenvalue weighted by molar-refractivity contribution is 5.72. The number of aromatic nitrogens is 1. The Labute approximate surface area is 130 Å². The van der Waals surface area contributed by atoms with E-state index in [1.54, 1.807) is 22.8 Å². The van der Waals surface area contributed by atoms with Crippen molar-refractivity contribution >= 4 is 16.8 Å². The molecule has 3 aromatic rings. The smallest absolute Gasteiger partial charge is 0.419 e. The van der Waals surface area contributed by atoms with Gasteiger partial charge in [0.25, 0.3) is 5.69 Å². The molecule has 3 rings (SSSR count). The molecule has 118 valence electrons. The van der Waals surface area contributed by atoms with Gasteiger partial charge in [-0.2, -0.15) is 0 Å². The van der Waals surface area contributed by atoms with Crippen molar-refractivity contribution in [3.05, 3.63) is 69.2 Å². The molecule has 0 radical (unpaired) electrons. The van der Waals surface area contributed by atoms with Crippen molar-refractivity contribution in [3.8, 4) is 5.75 Å². The van der Waals surface area contributed by atoms with E-state index in [0.717, 1.165) is 5.52 Å². The number of hydrogen-bond donors (Lipinski definition) is 0. The number of nitrogens with zero attached hydrogens (tertiary/aromatic N) is 2. The van der Waals surface area contributed by atoms with Gasteiger partial charge < -0.3 is 9.15 Å². The Morgan fingerprint density at radius 2 is 1.87 bits per heavy atom. The fourth-order valence-corrected chi connectivity index (χ4v) is 2.30. The average Bonchev–Trinajstić information content (AvgIpc) is 2.87. The molecule has 0 aliphatic heterocycles. The monoisotopic (exact) mass is 314 g/mol. The van der Waals surface area contributed by atoms with Crippen LogP contribution in [0.3, 0.4) is 0 Å². The van der Waals surface area contributed by atoms with E-state index >= 15 is 0 Å². The third-order valence-electron chi connectivity index (χ3n) is 3.42. The molecule has 7 heteroatoms. The maximum atomic E-state index is 11.8. The normalized spacial score (nSPS) is 10.8. The van der Waals surface area contributed by atoms with Crippen LogP contribution < -0.4 is 10.5 Å². The Hall–Kier alpha value is -3.09. The Balaban J connectivity index is 1.58. The highest BCUT2D eigenvalue weighted by atomic mass is 16.6. The molecular formula is C16H14N2O5. The van der Waals surface area contributed by atoms with Crippen molar-refractivity contribution in [3.63, 3.8) is 0 Å². The molecule has 1 aromatic heterocycles. The van der Waals surface area contributed by atoms with Gasteiger partial charge in [0.2, 0.25) is 0 Å². The second-order valence-corrected chi connectivity index (χ2v) is 4.94. The largest absolute Gasteiger partial charge is 0.494 e. The lowest BCUT2D eigenvalue weighted by molar-refractivity contribution is -0.384. The van der Waals surface area contributed by atoms with Crippen LogP contribution in [0.2, 0.25) is 0 Å². The number of nitro benzene ring substituents is 1. The van der Waals surface area contributed by atoms with E-state index in [2.05, 4.69) is 0 Å². The van der Waals surface area contributed by atoms with Gasteiger partial charge in [-0.25, -0.2) is 4.79 Å². The zero-order valence-electron chi connectivity index (χ0n) is 12.2. The zero-order valence-corrected chi connectivity index (χ0v) is 12.2. The van der Waals surface area contributed by atoms with E-state index in [1.807, 2.05) is 18.2 Å². The average molecular weight is 314 g/mol. The molecule has 0 atom stereocenters. The molecule has 7 nitrogen and oxygen atoms in total. The fraction of sp³-hybridized carbons (Fsp3) is 0.188. The van der Waals surface area contributed by atoms with E-state index < -0.39 is 4.92 Å². The summed E-state index contributed by atoms with van der Waals surface area (Å²) in [6.45, 7) is 0.868. The SMILES string of the molecule is O=c1oc2ccccc2n1CCCOc1ccc([N+](=O)[O-])cc1. The first-order chi connectivity index (χ1) is 11.1. The lowest BCUT2D eigenvalue weighted by Crippen LogP contribution is -2.15. The molecule has 0 fully saturated rings. The molecule has 0 saturated carbocycles. The quantitative estimate of drug-likeness (QED) is 0.396. The number of benzene rings is 2. The van der Waals surface area contributed by atoms with Crippen molar-refractivity contribution in [1.29, 1.82) is 0 Å². The van der Waals surface area contributed by atoms with Gasteiger partial charge in [-0.15, -0.1) is 0 Å². The molecule has 0 bridgehead atoms. The lowest BCUT2D eigenvalue weighted by atomic mass is 10.3. The molecule has 0 aliphatic rings. The number of ether oxygens (including phenoxy) is 1. The molecule has 2 aromatic carbocycles. The Kier molecular flexibility index (Phi) is 4.09. The summed E-state index contributed by atoms with van der Waals surface area (Å²) in [7, 11) is 0. The number of oxazole rings is 1. The highest BCUT2D eigenvalue weighted by Crippen LogP contribution is 2.17. The second kappa shape index (κ2) is 6.35. The second-order valence-electron chi connectivity index (χ2n) is 4.94. The number of fused-ring (bicyclic) bond motifs is 1. The van der Waals surface area contributed by atoms with Crippen molar-refractivity contribution in [2.45, 2.75) is 13.0 Å². The molecule has 0 amide bonds. The van der Waals surface area contributed by atoms with Crippen LogP contribution in [-0.2, 0) is 6.54 Å². The standard InChI is InChI=1S/C16H14N2O5/c19-16-17(14-4-1-2-5-15(14)23-16)10-3-11-22-13-8-6-12(7-9-13)18(20)21/h1-2,4-9H,3,10-11H2. The van der Waals surface area contributed by atoms with E-state index in [9.17, 15) is 14.9 Å². The summed E-state index contributed by atoms with van der Waals surface area (Å²) in [4.78, 5) is 21.9. The van der Waals surface area contributed by atoms with Gasteiger partial charge >= 0.3 is 5.76 Å². The maximum absolute atomic E-state index is 11.8. The van der Waals surface area contributed by atoms with Crippen LogP contribution in [0.15, 0.2) is 57.7 Å². The maximum Gasteiger partial charge on any atom is 0.419 e. The van der Waals surface area contributed by atoms with Crippen LogP contribution in [0.25, 0.3) is 11.1 Å². The zero-order chi connectivity index (χ0) is 16.2. The van der Waals surface area contributed by atoms with Gasteiger partial charge in [0.15, 0.2) is 5.58 Å². The Morgan fingerprint density at radius 3 is 2.61 bits per heavy atom. The number of nitro groups is 1. The molecule has 23 heavy (non-hydrogen) atoms. The summed E-state index contributed by atoms with van der Waals surface area (Å²) >= 11 is 0. The summed E-state index contributed by atoms with van der Waals surface area (Å²) in [5.74, 6) is 0.168. The molecule has 0 N–H and O–H groups in total. The minimum Gasteiger partial charge on any atom is -0.494 e. The van der Waals surface area contributed by atoms with E-state index in [-0.39, 0.29) is 11.4 Å².